The number of aromatic nitrogens is 2. The Kier molecular flexibility index (Phi) is 3.74. The third-order valence-electron chi connectivity index (χ3n) is 5.31. The fourth-order valence-corrected chi connectivity index (χ4v) is 3.84. The number of rotatable bonds is 4. The van der Waals surface area contributed by atoms with Crippen molar-refractivity contribution in [2.75, 3.05) is 12.0 Å². The maximum atomic E-state index is 14.1. The molecule has 2 aromatic carbocycles. The molecular weight excluding hydrogens is 341 g/mol. The summed E-state index contributed by atoms with van der Waals surface area (Å²) < 4.78 is 21.5. The largest absolute Gasteiger partial charge is 0.497 e. The van der Waals surface area contributed by atoms with E-state index in [0.29, 0.717) is 5.92 Å². The summed E-state index contributed by atoms with van der Waals surface area (Å²) in [7, 11) is 1.67. The fourth-order valence-electron chi connectivity index (χ4n) is 3.84. The maximum absolute atomic E-state index is 14.1. The number of benzene rings is 2. The molecule has 4 nitrogen and oxygen atoms in total. The molecule has 0 N–H and O–H groups in total. The van der Waals surface area contributed by atoms with E-state index in [0.717, 1.165) is 22.6 Å². The minimum absolute atomic E-state index is 0.174. The number of allylic oxidation sites excluding steroid dienone is 1. The number of fused-ring (bicyclic) bond motifs is 1. The zero-order chi connectivity index (χ0) is 18.4. The predicted octanol–water partition coefficient (Wildman–Crippen LogP) is 4.85. The van der Waals surface area contributed by atoms with Gasteiger partial charge in [-0.05, 0) is 66.8 Å². The Morgan fingerprint density at radius 2 is 1.93 bits per heavy atom. The minimum atomic E-state index is -0.225. The number of hydrogen-bond donors (Lipinski definition) is 0. The van der Waals surface area contributed by atoms with Crippen LogP contribution in [0.5, 0.6) is 5.75 Å². The lowest BCUT2D eigenvalue weighted by Gasteiger charge is -2.40. The highest BCUT2D eigenvalue weighted by atomic mass is 19.1. The lowest BCUT2D eigenvalue weighted by molar-refractivity contribution is 0.414. The van der Waals surface area contributed by atoms with Crippen LogP contribution >= 0.6 is 0 Å². The van der Waals surface area contributed by atoms with Gasteiger partial charge in [0.05, 0.1) is 13.4 Å². The van der Waals surface area contributed by atoms with Crippen molar-refractivity contribution in [1.82, 2.24) is 9.55 Å². The van der Waals surface area contributed by atoms with Crippen molar-refractivity contribution in [2.45, 2.75) is 19.0 Å². The van der Waals surface area contributed by atoms with Gasteiger partial charge < -0.3 is 14.2 Å². The Hall–Kier alpha value is -3.08. The quantitative estimate of drug-likeness (QED) is 0.665. The first-order chi connectivity index (χ1) is 13.2. The lowest BCUT2D eigenvalue weighted by atomic mass is 9.95. The first-order valence-electron chi connectivity index (χ1n) is 9.16. The molecule has 1 aromatic heterocycles. The van der Waals surface area contributed by atoms with E-state index in [1.165, 1.54) is 24.6 Å². The number of methoxy groups -OCH3 is 1. The Labute approximate surface area is 157 Å². The van der Waals surface area contributed by atoms with Gasteiger partial charge in [-0.25, -0.2) is 9.37 Å². The molecule has 0 amide bonds. The van der Waals surface area contributed by atoms with E-state index in [1.54, 1.807) is 25.7 Å². The first kappa shape index (κ1) is 16.1. The smallest absolute Gasteiger partial charge is 0.137 e. The highest BCUT2D eigenvalue weighted by Crippen LogP contribution is 2.48. The van der Waals surface area contributed by atoms with Gasteiger partial charge in [0.15, 0.2) is 0 Å². The zero-order valence-corrected chi connectivity index (χ0v) is 15.0. The summed E-state index contributed by atoms with van der Waals surface area (Å²) in [6.45, 7) is 0. The normalized spacial score (nSPS) is 18.8. The molecule has 0 saturated heterocycles. The fraction of sp³-hybridized carbons (Fsp3) is 0.227. The molecule has 1 fully saturated rings. The van der Waals surface area contributed by atoms with Crippen LogP contribution in [0.2, 0.25) is 0 Å². The van der Waals surface area contributed by atoms with Crippen molar-refractivity contribution in [1.29, 1.82) is 0 Å². The Morgan fingerprint density at radius 1 is 1.11 bits per heavy atom. The second-order valence-electron chi connectivity index (χ2n) is 7.07. The summed E-state index contributed by atoms with van der Waals surface area (Å²) in [5, 5.41) is 0. The van der Waals surface area contributed by atoms with Gasteiger partial charge in [0.1, 0.15) is 17.7 Å². The van der Waals surface area contributed by atoms with Crippen molar-refractivity contribution in [3.05, 3.63) is 83.8 Å². The molecule has 2 heterocycles. The summed E-state index contributed by atoms with van der Waals surface area (Å²) in [4.78, 5) is 6.54. The average Bonchev–Trinajstić information content (AvgIpc) is 3.41. The van der Waals surface area contributed by atoms with Crippen LogP contribution in [0.1, 0.15) is 30.1 Å². The van der Waals surface area contributed by atoms with E-state index in [4.69, 9.17) is 4.74 Å². The van der Waals surface area contributed by atoms with Gasteiger partial charge in [-0.15, -0.1) is 0 Å². The van der Waals surface area contributed by atoms with E-state index >= 15 is 0 Å². The second-order valence-corrected chi connectivity index (χ2v) is 7.07. The molecule has 0 radical (unpaired) electrons. The molecule has 1 saturated carbocycles. The molecular formula is C22H20FN3O. The van der Waals surface area contributed by atoms with Gasteiger partial charge in [-0.1, -0.05) is 6.07 Å². The highest BCUT2D eigenvalue weighted by Gasteiger charge is 2.38. The molecule has 2 aliphatic rings. The third kappa shape index (κ3) is 2.79. The standard InChI is InChI=1S/C22H20FN3O/c1-27-19-8-6-18(7-9-19)26-21(15-2-3-15)12-16-4-5-17(23)13-20(16)22(26)25-11-10-24-14-25/h4-15,22H,2-3H2,1H3. The van der Waals surface area contributed by atoms with E-state index in [9.17, 15) is 4.39 Å². The van der Waals surface area contributed by atoms with E-state index < -0.39 is 0 Å². The number of halogens is 1. The Balaban J connectivity index is 1.71. The van der Waals surface area contributed by atoms with Gasteiger partial charge in [0, 0.05) is 29.3 Å². The Bertz CT molecular complexity index is 991. The van der Waals surface area contributed by atoms with Crippen molar-refractivity contribution in [3.63, 3.8) is 0 Å². The van der Waals surface area contributed by atoms with Crippen LogP contribution in [0, 0.1) is 11.7 Å². The number of anilines is 1. The van der Waals surface area contributed by atoms with Crippen LogP contribution < -0.4 is 9.64 Å². The van der Waals surface area contributed by atoms with Crippen LogP contribution in [-0.2, 0) is 0 Å². The number of ether oxygens (including phenoxy) is 1. The van der Waals surface area contributed by atoms with Crippen molar-refractivity contribution in [3.8, 4) is 5.75 Å². The molecule has 5 rings (SSSR count). The van der Waals surface area contributed by atoms with Gasteiger partial charge >= 0.3 is 0 Å². The summed E-state index contributed by atoms with van der Waals surface area (Å²) in [6.07, 6.45) is 9.91. The van der Waals surface area contributed by atoms with Gasteiger partial charge in [0.25, 0.3) is 0 Å². The first-order valence-corrected chi connectivity index (χ1v) is 9.16. The van der Waals surface area contributed by atoms with Crippen LogP contribution in [0.3, 0.4) is 0 Å². The Morgan fingerprint density at radius 3 is 2.59 bits per heavy atom. The van der Waals surface area contributed by atoms with Gasteiger partial charge in [-0.2, -0.15) is 0 Å². The molecule has 1 unspecified atom stereocenters. The highest BCUT2D eigenvalue weighted by molar-refractivity contribution is 5.71. The van der Waals surface area contributed by atoms with E-state index in [1.807, 2.05) is 29.0 Å². The molecule has 5 heteroatoms. The lowest BCUT2D eigenvalue weighted by Crippen LogP contribution is -2.36. The van der Waals surface area contributed by atoms with Crippen LogP contribution in [0.15, 0.2) is 66.9 Å². The summed E-state index contributed by atoms with van der Waals surface area (Å²) in [5.74, 6) is 1.13. The van der Waals surface area contributed by atoms with E-state index in [2.05, 4.69) is 28.1 Å². The summed E-state index contributed by atoms with van der Waals surface area (Å²) in [6, 6.07) is 13.1. The van der Waals surface area contributed by atoms with Crippen molar-refractivity contribution >= 4 is 11.8 Å². The molecule has 0 spiro atoms. The molecule has 1 aliphatic carbocycles. The third-order valence-corrected chi connectivity index (χ3v) is 5.31. The van der Waals surface area contributed by atoms with Crippen molar-refractivity contribution < 1.29 is 9.13 Å². The molecule has 0 bridgehead atoms. The van der Waals surface area contributed by atoms with E-state index in [-0.39, 0.29) is 12.0 Å². The number of hydrogen-bond acceptors (Lipinski definition) is 3. The monoisotopic (exact) mass is 361 g/mol. The van der Waals surface area contributed by atoms with Gasteiger partial charge in [-0.3, -0.25) is 0 Å². The second kappa shape index (κ2) is 6.27. The molecule has 1 atom stereocenters. The average molecular weight is 361 g/mol. The van der Waals surface area contributed by atoms with Gasteiger partial charge in [0.2, 0.25) is 0 Å². The molecule has 3 aromatic rings. The SMILES string of the molecule is COc1ccc(N2C(C3CC3)=Cc3ccc(F)cc3C2n2ccnc2)cc1. The van der Waals surface area contributed by atoms with Crippen molar-refractivity contribution in [2.24, 2.45) is 5.92 Å². The predicted molar refractivity (Wildman–Crippen MR) is 103 cm³/mol. The summed E-state index contributed by atoms with van der Waals surface area (Å²) >= 11 is 0. The number of imidazole rings is 1. The molecule has 1 aliphatic heterocycles. The van der Waals surface area contributed by atoms with Crippen LogP contribution in [0.4, 0.5) is 10.1 Å². The van der Waals surface area contributed by atoms with Crippen LogP contribution in [0.25, 0.3) is 6.08 Å². The maximum Gasteiger partial charge on any atom is 0.137 e. The number of nitrogens with zero attached hydrogens (tertiary/aromatic N) is 3. The van der Waals surface area contributed by atoms with Crippen LogP contribution in [-0.4, -0.2) is 16.7 Å². The molecule has 27 heavy (non-hydrogen) atoms. The molecule has 136 valence electrons. The summed E-state index contributed by atoms with van der Waals surface area (Å²) in [5.41, 5.74) is 4.34. The zero-order valence-electron chi connectivity index (χ0n) is 15.0. The topological polar surface area (TPSA) is 30.3 Å². The minimum Gasteiger partial charge on any atom is -0.497 e.